The molecule has 4 aromatic rings. The highest BCUT2D eigenvalue weighted by atomic mass is 19.3. The molecule has 11 heteroatoms. The van der Waals surface area contributed by atoms with Crippen molar-refractivity contribution < 1.29 is 27.3 Å². The van der Waals surface area contributed by atoms with Crippen LogP contribution in [0.5, 0.6) is 0 Å². The predicted molar refractivity (Wildman–Crippen MR) is 139 cm³/mol. The number of nitrogens with zero attached hydrogens (tertiary/aromatic N) is 3. The Morgan fingerprint density at radius 3 is 2.23 bits per heavy atom. The Labute approximate surface area is 227 Å². The number of benzene rings is 2. The summed E-state index contributed by atoms with van der Waals surface area (Å²) in [4.78, 5) is 30.7. The maximum Gasteiger partial charge on any atom is 0.287 e. The summed E-state index contributed by atoms with van der Waals surface area (Å²) in [6.45, 7) is 1.74. The zero-order valence-electron chi connectivity index (χ0n) is 21.6. The van der Waals surface area contributed by atoms with E-state index in [2.05, 4.69) is 26.8 Å². The van der Waals surface area contributed by atoms with Gasteiger partial charge in [0.05, 0.1) is 6.07 Å². The van der Waals surface area contributed by atoms with Gasteiger partial charge in [0.15, 0.2) is 11.6 Å². The smallest absolute Gasteiger partial charge is 0.287 e. The van der Waals surface area contributed by atoms with Crippen molar-refractivity contribution in [1.82, 2.24) is 20.8 Å². The van der Waals surface area contributed by atoms with E-state index in [1.807, 2.05) is 36.4 Å². The lowest BCUT2D eigenvalue weighted by Gasteiger charge is -2.39. The van der Waals surface area contributed by atoms with E-state index < -0.39 is 41.7 Å². The van der Waals surface area contributed by atoms with Crippen LogP contribution in [0.3, 0.4) is 0 Å². The molecule has 0 saturated heterocycles. The van der Waals surface area contributed by atoms with Crippen LogP contribution in [0.15, 0.2) is 57.5 Å². The lowest BCUT2D eigenvalue weighted by atomic mass is 9.78. The van der Waals surface area contributed by atoms with E-state index >= 15 is 0 Å². The van der Waals surface area contributed by atoms with E-state index in [4.69, 9.17) is 8.94 Å². The molecule has 0 bridgehead atoms. The largest absolute Gasteiger partial charge is 0.451 e. The van der Waals surface area contributed by atoms with Crippen molar-refractivity contribution in [3.05, 3.63) is 60.1 Å². The summed E-state index contributed by atoms with van der Waals surface area (Å²) in [5.41, 5.74) is 0.423. The number of carbonyl (C=O) groups is 2. The second kappa shape index (κ2) is 9.26. The van der Waals surface area contributed by atoms with Gasteiger partial charge >= 0.3 is 0 Å². The van der Waals surface area contributed by atoms with Gasteiger partial charge in [-0.1, -0.05) is 29.4 Å². The summed E-state index contributed by atoms with van der Waals surface area (Å²) in [5, 5.41) is 19.2. The van der Waals surface area contributed by atoms with Gasteiger partial charge in [-0.2, -0.15) is 10.2 Å². The SMILES string of the molecule is Cc1noc(-c2ccc(-c3ccc4cc(C(=O)NC5(C(=O)NC6(C#N)CC6)CCC(F)(F)CC5)oc4c3)cc2)n1. The number of furan rings is 1. The van der Waals surface area contributed by atoms with Crippen LogP contribution in [-0.4, -0.2) is 39.0 Å². The zero-order chi connectivity index (χ0) is 28.1. The molecule has 2 N–H and O–H groups in total. The zero-order valence-corrected chi connectivity index (χ0v) is 21.6. The van der Waals surface area contributed by atoms with E-state index in [0.29, 0.717) is 35.5 Å². The average Bonchev–Trinajstić information content (AvgIpc) is 3.36. The molecular weight excluding hydrogens is 520 g/mol. The third kappa shape index (κ3) is 4.81. The van der Waals surface area contributed by atoms with E-state index in [1.165, 1.54) is 0 Å². The number of nitrogens with one attached hydrogen (secondary N) is 2. The van der Waals surface area contributed by atoms with Crippen LogP contribution < -0.4 is 10.6 Å². The first-order chi connectivity index (χ1) is 19.1. The Morgan fingerprint density at radius 2 is 1.60 bits per heavy atom. The summed E-state index contributed by atoms with van der Waals surface area (Å²) in [5.74, 6) is -3.29. The van der Waals surface area contributed by atoms with Crippen LogP contribution in [0.25, 0.3) is 33.6 Å². The van der Waals surface area contributed by atoms with Crippen molar-refractivity contribution in [2.45, 2.75) is 62.4 Å². The van der Waals surface area contributed by atoms with Crippen molar-refractivity contribution in [3.63, 3.8) is 0 Å². The van der Waals surface area contributed by atoms with Crippen molar-refractivity contribution in [2.75, 3.05) is 0 Å². The minimum Gasteiger partial charge on any atom is -0.451 e. The van der Waals surface area contributed by atoms with E-state index in [-0.39, 0.29) is 18.6 Å². The average molecular weight is 546 g/mol. The topological polar surface area (TPSA) is 134 Å². The van der Waals surface area contributed by atoms with Gasteiger partial charge in [-0.15, -0.1) is 0 Å². The van der Waals surface area contributed by atoms with Gasteiger partial charge in [0.25, 0.3) is 11.8 Å². The predicted octanol–water partition coefficient (Wildman–Crippen LogP) is 5.31. The van der Waals surface area contributed by atoms with Crippen molar-refractivity contribution >= 4 is 22.8 Å². The summed E-state index contributed by atoms with van der Waals surface area (Å²) < 4.78 is 39.0. The minimum atomic E-state index is -2.92. The van der Waals surface area contributed by atoms with Crippen LogP contribution in [0.1, 0.15) is 54.9 Å². The molecule has 6 rings (SSSR count). The third-order valence-corrected chi connectivity index (χ3v) is 7.68. The quantitative estimate of drug-likeness (QED) is 0.335. The van der Waals surface area contributed by atoms with Gasteiger partial charge in [0.1, 0.15) is 16.7 Å². The Kier molecular flexibility index (Phi) is 5.94. The number of halogens is 2. The van der Waals surface area contributed by atoms with Crippen LogP contribution in [0.2, 0.25) is 0 Å². The number of amides is 2. The summed E-state index contributed by atoms with van der Waals surface area (Å²) in [6.07, 6.45) is -0.615. The molecule has 2 fully saturated rings. The van der Waals surface area contributed by atoms with Crippen molar-refractivity contribution in [1.29, 1.82) is 5.26 Å². The van der Waals surface area contributed by atoms with Crippen molar-refractivity contribution in [2.24, 2.45) is 0 Å². The van der Waals surface area contributed by atoms with Crippen LogP contribution in [-0.2, 0) is 4.79 Å². The number of aryl methyl sites for hydroxylation is 1. The first-order valence-corrected chi connectivity index (χ1v) is 13.0. The molecule has 0 aliphatic heterocycles. The Morgan fingerprint density at radius 1 is 0.925 bits per heavy atom. The molecule has 0 unspecified atom stereocenters. The molecule has 9 nitrogen and oxygen atoms in total. The fraction of sp³-hybridized carbons (Fsp3) is 0.345. The molecule has 2 aliphatic rings. The van der Waals surface area contributed by atoms with Gasteiger partial charge < -0.3 is 19.6 Å². The molecule has 40 heavy (non-hydrogen) atoms. The van der Waals surface area contributed by atoms with E-state index in [0.717, 1.165) is 16.7 Å². The van der Waals surface area contributed by atoms with E-state index in [1.54, 1.807) is 19.1 Å². The van der Waals surface area contributed by atoms with Crippen LogP contribution in [0.4, 0.5) is 8.78 Å². The lowest BCUT2D eigenvalue weighted by molar-refractivity contribution is -0.133. The van der Waals surface area contributed by atoms with E-state index in [9.17, 15) is 23.6 Å². The molecule has 2 heterocycles. The lowest BCUT2D eigenvalue weighted by Crippen LogP contribution is -2.62. The standard InChI is InChI=1S/C29H25F2N5O4/c1-17-33-25(40-36-17)19-4-2-18(3-5-19)20-6-7-21-15-23(39-22(21)14-20)24(37)34-28(10-12-29(30,31)13-11-28)26(38)35-27(16-32)8-9-27/h2-7,14-15H,8-13H2,1H3,(H,34,37)(H,35,38). The number of aromatic nitrogens is 2. The molecule has 0 radical (unpaired) electrons. The highest BCUT2D eigenvalue weighted by Crippen LogP contribution is 2.41. The number of hydrogen-bond acceptors (Lipinski definition) is 7. The second-order valence-electron chi connectivity index (χ2n) is 10.6. The normalized spacial score (nSPS) is 18.6. The summed E-state index contributed by atoms with van der Waals surface area (Å²) in [7, 11) is 0. The fourth-order valence-electron chi connectivity index (χ4n) is 5.00. The number of alkyl halides is 2. The highest BCUT2D eigenvalue weighted by molar-refractivity contribution is 6.01. The Balaban J connectivity index is 1.23. The Hall–Kier alpha value is -4.59. The van der Waals surface area contributed by atoms with Gasteiger partial charge in [-0.3, -0.25) is 9.59 Å². The second-order valence-corrected chi connectivity index (χ2v) is 10.6. The number of rotatable bonds is 6. The maximum absolute atomic E-state index is 14.0. The molecule has 0 spiro atoms. The van der Waals surface area contributed by atoms with Gasteiger partial charge in [0, 0.05) is 23.8 Å². The first-order valence-electron chi connectivity index (χ1n) is 13.0. The molecule has 204 valence electrons. The molecule has 0 atom stereocenters. The monoisotopic (exact) mass is 545 g/mol. The molecule has 2 aliphatic carbocycles. The number of carbonyl (C=O) groups excluding carboxylic acids is 2. The summed E-state index contributed by atoms with van der Waals surface area (Å²) in [6, 6.07) is 16.7. The van der Waals surface area contributed by atoms with Crippen molar-refractivity contribution in [3.8, 4) is 28.7 Å². The molecule has 2 aromatic heterocycles. The fourth-order valence-corrected chi connectivity index (χ4v) is 5.00. The number of hydrogen-bond donors (Lipinski definition) is 2. The Bertz CT molecular complexity index is 1650. The third-order valence-electron chi connectivity index (χ3n) is 7.68. The first kappa shape index (κ1) is 25.7. The molecule has 2 amide bonds. The summed E-state index contributed by atoms with van der Waals surface area (Å²) >= 11 is 0. The number of nitriles is 1. The van der Waals surface area contributed by atoms with Gasteiger partial charge in [-0.25, -0.2) is 8.78 Å². The highest BCUT2D eigenvalue weighted by Gasteiger charge is 2.53. The molecule has 2 aromatic carbocycles. The van der Waals surface area contributed by atoms with Gasteiger partial charge in [0.2, 0.25) is 11.8 Å². The maximum atomic E-state index is 14.0. The van der Waals surface area contributed by atoms with Crippen LogP contribution >= 0.6 is 0 Å². The minimum absolute atomic E-state index is 0.0415. The van der Waals surface area contributed by atoms with Gasteiger partial charge in [-0.05, 0) is 68.0 Å². The molecular formula is C29H25F2N5O4. The molecule has 2 saturated carbocycles. The number of fused-ring (bicyclic) bond motifs is 1. The van der Waals surface area contributed by atoms with Crippen LogP contribution in [0, 0.1) is 18.3 Å².